The molecule has 0 amide bonds. The second kappa shape index (κ2) is 7.82. The largest absolute Gasteiger partial charge is 0.355 e. The quantitative estimate of drug-likeness (QED) is 0.785. The highest BCUT2D eigenvalue weighted by Gasteiger charge is 2.12. The van der Waals surface area contributed by atoms with Crippen LogP contribution in [0.15, 0.2) is 28.7 Å². The number of methoxy groups -OCH3 is 2. The Labute approximate surface area is 112 Å². The van der Waals surface area contributed by atoms with Gasteiger partial charge in [-0.2, -0.15) is 0 Å². The summed E-state index contributed by atoms with van der Waals surface area (Å²) in [7, 11) is 3.30. The van der Waals surface area contributed by atoms with Crippen LogP contribution in [0.3, 0.4) is 0 Å². The number of hydrogen-bond donors (Lipinski definition) is 1. The van der Waals surface area contributed by atoms with Crippen molar-refractivity contribution >= 4 is 15.9 Å². The monoisotopic (exact) mass is 301 g/mol. The van der Waals surface area contributed by atoms with E-state index in [1.807, 2.05) is 12.1 Å². The van der Waals surface area contributed by atoms with Crippen LogP contribution in [-0.4, -0.2) is 27.1 Å². The van der Waals surface area contributed by atoms with Gasteiger partial charge in [-0.3, -0.25) is 0 Å². The second-order valence-electron chi connectivity index (χ2n) is 3.83. The van der Waals surface area contributed by atoms with Crippen molar-refractivity contribution in [3.63, 3.8) is 0 Å². The molecule has 0 aliphatic rings. The fourth-order valence-corrected chi connectivity index (χ4v) is 2.14. The average Bonchev–Trinajstić information content (AvgIpc) is 2.35. The van der Waals surface area contributed by atoms with Gasteiger partial charge >= 0.3 is 0 Å². The Morgan fingerprint density at radius 3 is 2.53 bits per heavy atom. The summed E-state index contributed by atoms with van der Waals surface area (Å²) in [5, 5.41) is 3.44. The van der Waals surface area contributed by atoms with E-state index in [2.05, 4.69) is 40.3 Å². The van der Waals surface area contributed by atoms with E-state index >= 15 is 0 Å². The molecular formula is C13H20BrNO2. The summed E-state index contributed by atoms with van der Waals surface area (Å²) >= 11 is 3.49. The summed E-state index contributed by atoms with van der Waals surface area (Å²) in [6.45, 7) is 2.84. The molecule has 0 heterocycles. The lowest BCUT2D eigenvalue weighted by Gasteiger charge is -2.21. The molecule has 0 fully saturated rings. The Morgan fingerprint density at radius 2 is 2.00 bits per heavy atom. The van der Waals surface area contributed by atoms with Gasteiger partial charge in [0.15, 0.2) is 6.29 Å². The topological polar surface area (TPSA) is 30.5 Å². The minimum Gasteiger partial charge on any atom is -0.355 e. The van der Waals surface area contributed by atoms with Gasteiger partial charge in [0.25, 0.3) is 0 Å². The standard InChI is InChI=1S/C13H20BrNO2/c1-4-12(15-9-13(16-2)17-3)10-6-5-7-11(14)8-10/h5-8,12-13,15H,4,9H2,1-3H3. The molecule has 0 saturated heterocycles. The van der Waals surface area contributed by atoms with Crippen molar-refractivity contribution in [3.8, 4) is 0 Å². The molecule has 0 spiro atoms. The zero-order valence-corrected chi connectivity index (χ0v) is 12.2. The van der Waals surface area contributed by atoms with Crippen LogP contribution in [0, 0.1) is 0 Å². The van der Waals surface area contributed by atoms with E-state index in [0.29, 0.717) is 12.6 Å². The van der Waals surface area contributed by atoms with Gasteiger partial charge < -0.3 is 14.8 Å². The van der Waals surface area contributed by atoms with Gasteiger partial charge in [0.2, 0.25) is 0 Å². The lowest BCUT2D eigenvalue weighted by molar-refractivity contribution is -0.0999. The molecule has 4 heteroatoms. The zero-order chi connectivity index (χ0) is 12.7. The molecule has 1 aromatic rings. The van der Waals surface area contributed by atoms with E-state index in [9.17, 15) is 0 Å². The van der Waals surface area contributed by atoms with Gasteiger partial charge in [-0.15, -0.1) is 0 Å². The van der Waals surface area contributed by atoms with Crippen LogP contribution in [0.5, 0.6) is 0 Å². The number of hydrogen-bond acceptors (Lipinski definition) is 3. The van der Waals surface area contributed by atoms with E-state index in [0.717, 1.165) is 10.9 Å². The number of benzene rings is 1. The minimum atomic E-state index is -0.198. The van der Waals surface area contributed by atoms with E-state index in [1.165, 1.54) is 5.56 Å². The SMILES string of the molecule is CCC(NCC(OC)OC)c1cccc(Br)c1. The molecule has 0 bridgehead atoms. The first-order valence-corrected chi connectivity index (χ1v) is 6.55. The first kappa shape index (κ1) is 14.6. The third kappa shape index (κ3) is 4.76. The highest BCUT2D eigenvalue weighted by Crippen LogP contribution is 2.20. The fraction of sp³-hybridized carbons (Fsp3) is 0.538. The normalized spacial score (nSPS) is 13.0. The van der Waals surface area contributed by atoms with Crippen LogP contribution in [-0.2, 0) is 9.47 Å². The Bertz CT molecular complexity index is 329. The molecular weight excluding hydrogens is 282 g/mol. The van der Waals surface area contributed by atoms with Crippen molar-refractivity contribution in [2.24, 2.45) is 0 Å². The zero-order valence-electron chi connectivity index (χ0n) is 10.6. The Kier molecular flexibility index (Phi) is 6.73. The summed E-state index contributed by atoms with van der Waals surface area (Å²) < 4.78 is 11.4. The molecule has 1 unspecified atom stereocenters. The number of nitrogens with one attached hydrogen (secondary N) is 1. The van der Waals surface area contributed by atoms with Crippen molar-refractivity contribution in [2.45, 2.75) is 25.7 Å². The van der Waals surface area contributed by atoms with Gasteiger partial charge in [-0.05, 0) is 24.1 Å². The molecule has 0 aliphatic carbocycles. The van der Waals surface area contributed by atoms with Crippen molar-refractivity contribution in [1.29, 1.82) is 0 Å². The van der Waals surface area contributed by atoms with Gasteiger partial charge in [-0.25, -0.2) is 0 Å². The average molecular weight is 302 g/mol. The van der Waals surface area contributed by atoms with Crippen molar-refractivity contribution in [3.05, 3.63) is 34.3 Å². The van der Waals surface area contributed by atoms with E-state index in [-0.39, 0.29) is 6.29 Å². The number of ether oxygens (including phenoxy) is 2. The Balaban J connectivity index is 2.59. The van der Waals surface area contributed by atoms with Crippen LogP contribution in [0.4, 0.5) is 0 Å². The molecule has 1 rings (SSSR count). The number of halogens is 1. The van der Waals surface area contributed by atoms with E-state index in [1.54, 1.807) is 14.2 Å². The third-order valence-corrected chi connectivity index (χ3v) is 3.21. The summed E-state index contributed by atoms with van der Waals surface area (Å²) in [5.74, 6) is 0. The van der Waals surface area contributed by atoms with Crippen molar-refractivity contribution in [1.82, 2.24) is 5.32 Å². The Morgan fingerprint density at radius 1 is 1.29 bits per heavy atom. The molecule has 0 saturated carbocycles. The second-order valence-corrected chi connectivity index (χ2v) is 4.74. The highest BCUT2D eigenvalue weighted by molar-refractivity contribution is 9.10. The van der Waals surface area contributed by atoms with Crippen LogP contribution >= 0.6 is 15.9 Å². The Hall–Kier alpha value is -0.420. The summed E-state index contributed by atoms with van der Waals surface area (Å²) in [6.07, 6.45) is 0.826. The summed E-state index contributed by atoms with van der Waals surface area (Å²) in [5.41, 5.74) is 1.27. The minimum absolute atomic E-state index is 0.198. The fourth-order valence-electron chi connectivity index (χ4n) is 1.72. The van der Waals surface area contributed by atoms with E-state index in [4.69, 9.17) is 9.47 Å². The summed E-state index contributed by atoms with van der Waals surface area (Å²) in [6, 6.07) is 8.66. The third-order valence-electron chi connectivity index (χ3n) is 2.72. The highest BCUT2D eigenvalue weighted by atomic mass is 79.9. The molecule has 1 atom stereocenters. The first-order chi connectivity index (χ1) is 8.21. The molecule has 0 radical (unpaired) electrons. The molecule has 1 aromatic carbocycles. The maximum absolute atomic E-state index is 5.16. The van der Waals surface area contributed by atoms with Crippen LogP contribution < -0.4 is 5.32 Å². The van der Waals surface area contributed by atoms with Crippen LogP contribution in [0.1, 0.15) is 24.9 Å². The predicted molar refractivity (Wildman–Crippen MR) is 73.0 cm³/mol. The molecule has 0 aromatic heterocycles. The lowest BCUT2D eigenvalue weighted by Crippen LogP contribution is -2.32. The van der Waals surface area contributed by atoms with Crippen molar-refractivity contribution < 1.29 is 9.47 Å². The van der Waals surface area contributed by atoms with Gasteiger partial charge in [0, 0.05) is 31.3 Å². The predicted octanol–water partition coefficient (Wildman–Crippen LogP) is 3.11. The molecule has 17 heavy (non-hydrogen) atoms. The molecule has 1 N–H and O–H groups in total. The van der Waals surface area contributed by atoms with Gasteiger partial charge in [0.05, 0.1) is 0 Å². The maximum atomic E-state index is 5.16. The van der Waals surface area contributed by atoms with Gasteiger partial charge in [-0.1, -0.05) is 35.0 Å². The van der Waals surface area contributed by atoms with Crippen molar-refractivity contribution in [2.75, 3.05) is 20.8 Å². The number of rotatable bonds is 7. The molecule has 0 aliphatic heterocycles. The molecule has 96 valence electrons. The summed E-state index contributed by atoms with van der Waals surface area (Å²) in [4.78, 5) is 0. The smallest absolute Gasteiger partial charge is 0.169 e. The van der Waals surface area contributed by atoms with Crippen LogP contribution in [0.25, 0.3) is 0 Å². The molecule has 3 nitrogen and oxygen atoms in total. The maximum Gasteiger partial charge on any atom is 0.169 e. The van der Waals surface area contributed by atoms with E-state index < -0.39 is 0 Å². The van der Waals surface area contributed by atoms with Gasteiger partial charge in [0.1, 0.15) is 0 Å². The van der Waals surface area contributed by atoms with Crippen LogP contribution in [0.2, 0.25) is 0 Å². The first-order valence-electron chi connectivity index (χ1n) is 5.75. The lowest BCUT2D eigenvalue weighted by atomic mass is 10.0.